The molecule has 0 aliphatic carbocycles. The summed E-state index contributed by atoms with van der Waals surface area (Å²) in [5.41, 5.74) is 0.691. The fraction of sp³-hybridized carbons (Fsp3) is 0. The van der Waals surface area contributed by atoms with Gasteiger partial charge in [0, 0.05) is 22.7 Å². The highest BCUT2D eigenvalue weighted by Gasteiger charge is 1.96. The van der Waals surface area contributed by atoms with Crippen molar-refractivity contribution in [3.63, 3.8) is 0 Å². The Morgan fingerprint density at radius 1 is 1.38 bits per heavy atom. The lowest BCUT2D eigenvalue weighted by Gasteiger charge is -2.04. The molecule has 0 bridgehead atoms. The maximum atomic E-state index is 10.6. The average molecular weight is 193 g/mol. The minimum Gasteiger partial charge on any atom is -0.768 e. The van der Waals surface area contributed by atoms with Gasteiger partial charge in [0.1, 0.15) is 0 Å². The molecule has 2 heterocycles. The van der Waals surface area contributed by atoms with Crippen LogP contribution in [-0.4, -0.2) is 18.7 Å². The predicted molar refractivity (Wildman–Crippen MR) is 46.7 cm³/mol. The highest BCUT2D eigenvalue weighted by Crippen LogP contribution is 2.12. The van der Waals surface area contributed by atoms with Gasteiger partial charge in [0.05, 0.1) is 11.7 Å². The molecule has 13 heavy (non-hydrogen) atoms. The molecule has 0 saturated carbocycles. The van der Waals surface area contributed by atoms with E-state index in [1.807, 2.05) is 0 Å². The minimum atomic E-state index is -2.22. The zero-order chi connectivity index (χ0) is 9.26. The SMILES string of the molecule is O=S([O-])c1cnc2cnccc2c1. The van der Waals surface area contributed by atoms with Crippen LogP contribution in [0.2, 0.25) is 0 Å². The number of pyridine rings is 2. The first-order valence-electron chi connectivity index (χ1n) is 3.56. The Morgan fingerprint density at radius 3 is 3.00 bits per heavy atom. The second kappa shape index (κ2) is 3.20. The molecule has 0 N–H and O–H groups in total. The van der Waals surface area contributed by atoms with Gasteiger partial charge < -0.3 is 4.55 Å². The van der Waals surface area contributed by atoms with Crippen LogP contribution >= 0.6 is 0 Å². The molecule has 0 saturated heterocycles. The monoisotopic (exact) mass is 193 g/mol. The van der Waals surface area contributed by atoms with Crippen LogP contribution in [0.3, 0.4) is 0 Å². The third kappa shape index (κ3) is 1.56. The number of nitrogens with zero attached hydrogens (tertiary/aromatic N) is 2. The Hall–Kier alpha value is -1.33. The van der Waals surface area contributed by atoms with E-state index >= 15 is 0 Å². The van der Waals surface area contributed by atoms with Gasteiger partial charge in [0.25, 0.3) is 0 Å². The maximum Gasteiger partial charge on any atom is 0.0885 e. The number of rotatable bonds is 1. The first kappa shape index (κ1) is 8.28. The Labute approximate surface area is 76.9 Å². The van der Waals surface area contributed by atoms with E-state index in [0.717, 1.165) is 5.39 Å². The van der Waals surface area contributed by atoms with Crippen molar-refractivity contribution in [1.29, 1.82) is 0 Å². The molecule has 2 aromatic rings. The molecule has 2 rings (SSSR count). The zero-order valence-corrected chi connectivity index (χ0v) is 7.32. The molecule has 1 atom stereocenters. The number of hydrogen-bond donors (Lipinski definition) is 0. The van der Waals surface area contributed by atoms with Crippen molar-refractivity contribution in [2.75, 3.05) is 0 Å². The summed E-state index contributed by atoms with van der Waals surface area (Å²) >= 11 is -2.22. The van der Waals surface area contributed by atoms with E-state index in [1.165, 1.54) is 6.20 Å². The van der Waals surface area contributed by atoms with E-state index in [0.29, 0.717) is 5.52 Å². The molecule has 0 radical (unpaired) electrons. The largest absolute Gasteiger partial charge is 0.768 e. The van der Waals surface area contributed by atoms with Crippen LogP contribution in [0.15, 0.2) is 35.6 Å². The zero-order valence-electron chi connectivity index (χ0n) is 6.51. The van der Waals surface area contributed by atoms with E-state index in [4.69, 9.17) is 0 Å². The van der Waals surface area contributed by atoms with Crippen molar-refractivity contribution < 1.29 is 8.76 Å². The molecule has 0 amide bonds. The van der Waals surface area contributed by atoms with Gasteiger partial charge in [-0.1, -0.05) is 0 Å². The summed E-state index contributed by atoms with van der Waals surface area (Å²) in [6.45, 7) is 0. The van der Waals surface area contributed by atoms with E-state index in [-0.39, 0.29) is 4.90 Å². The van der Waals surface area contributed by atoms with Gasteiger partial charge in [0.2, 0.25) is 0 Å². The van der Waals surface area contributed by atoms with Crippen LogP contribution < -0.4 is 0 Å². The van der Waals surface area contributed by atoms with Gasteiger partial charge in [-0.05, 0) is 23.2 Å². The lowest BCUT2D eigenvalue weighted by Crippen LogP contribution is -1.90. The van der Waals surface area contributed by atoms with Gasteiger partial charge in [-0.3, -0.25) is 14.2 Å². The summed E-state index contributed by atoms with van der Waals surface area (Å²) in [5, 5.41) is 0.775. The molecule has 2 aromatic heterocycles. The lowest BCUT2D eigenvalue weighted by molar-refractivity contribution is 0.537. The lowest BCUT2D eigenvalue weighted by atomic mass is 10.3. The molecule has 1 unspecified atom stereocenters. The summed E-state index contributed by atoms with van der Waals surface area (Å²) in [7, 11) is 0. The van der Waals surface area contributed by atoms with Gasteiger partial charge >= 0.3 is 0 Å². The summed E-state index contributed by atoms with van der Waals surface area (Å²) in [4.78, 5) is 8.01. The third-order valence-corrected chi connectivity index (χ3v) is 2.26. The van der Waals surface area contributed by atoms with E-state index in [9.17, 15) is 8.76 Å². The van der Waals surface area contributed by atoms with Crippen molar-refractivity contribution in [3.05, 3.63) is 30.7 Å². The Bertz CT molecular complexity index is 472. The van der Waals surface area contributed by atoms with Crippen LogP contribution in [-0.2, 0) is 11.1 Å². The standard InChI is InChI=1S/C8H6N2O2S/c11-13(12)7-3-6-1-2-9-5-8(6)10-4-7/h1-5H,(H,11,12)/p-1. The van der Waals surface area contributed by atoms with E-state index in [1.54, 1.807) is 24.5 Å². The highest BCUT2D eigenvalue weighted by molar-refractivity contribution is 7.79. The number of aromatic nitrogens is 2. The summed E-state index contributed by atoms with van der Waals surface area (Å²) in [6.07, 6.45) is 4.50. The van der Waals surface area contributed by atoms with Crippen molar-refractivity contribution in [2.24, 2.45) is 0 Å². The number of hydrogen-bond acceptors (Lipinski definition) is 4. The topological polar surface area (TPSA) is 65.9 Å². The van der Waals surface area contributed by atoms with Crippen LogP contribution in [0.4, 0.5) is 0 Å². The fourth-order valence-electron chi connectivity index (χ4n) is 1.04. The van der Waals surface area contributed by atoms with Crippen LogP contribution in [0.5, 0.6) is 0 Å². The quantitative estimate of drug-likeness (QED) is 0.630. The van der Waals surface area contributed by atoms with Gasteiger partial charge in [-0.2, -0.15) is 0 Å². The normalized spacial score (nSPS) is 13.0. The van der Waals surface area contributed by atoms with Gasteiger partial charge in [-0.15, -0.1) is 0 Å². The smallest absolute Gasteiger partial charge is 0.0885 e. The molecule has 0 aliphatic heterocycles. The molecular formula is C8H5N2O2S-. The van der Waals surface area contributed by atoms with Gasteiger partial charge in [-0.25, -0.2) is 0 Å². The molecule has 5 heteroatoms. The molecule has 0 spiro atoms. The van der Waals surface area contributed by atoms with Crippen LogP contribution in [0.25, 0.3) is 10.9 Å². The summed E-state index contributed by atoms with van der Waals surface area (Å²) in [5.74, 6) is 0. The third-order valence-electron chi connectivity index (χ3n) is 1.65. The first-order valence-corrected chi connectivity index (χ1v) is 4.64. The first-order chi connectivity index (χ1) is 6.27. The minimum absolute atomic E-state index is 0.193. The van der Waals surface area contributed by atoms with E-state index < -0.39 is 11.1 Å². The second-order valence-electron chi connectivity index (χ2n) is 2.47. The van der Waals surface area contributed by atoms with Crippen molar-refractivity contribution in [2.45, 2.75) is 4.90 Å². The molecule has 0 aliphatic rings. The Kier molecular flexibility index (Phi) is 2.03. The Balaban J connectivity index is 2.69. The van der Waals surface area contributed by atoms with Crippen molar-refractivity contribution in [3.8, 4) is 0 Å². The van der Waals surface area contributed by atoms with Gasteiger partial charge in [0.15, 0.2) is 0 Å². The second-order valence-corrected chi connectivity index (χ2v) is 3.41. The molecular weight excluding hydrogens is 188 g/mol. The molecule has 0 aromatic carbocycles. The van der Waals surface area contributed by atoms with E-state index in [2.05, 4.69) is 9.97 Å². The van der Waals surface area contributed by atoms with Crippen LogP contribution in [0, 0.1) is 0 Å². The summed E-state index contributed by atoms with van der Waals surface area (Å²) < 4.78 is 21.2. The molecule has 0 fully saturated rings. The Morgan fingerprint density at radius 2 is 2.23 bits per heavy atom. The average Bonchev–Trinajstić information content (AvgIpc) is 2.17. The van der Waals surface area contributed by atoms with Crippen molar-refractivity contribution >= 4 is 22.0 Å². The predicted octanol–water partition coefficient (Wildman–Crippen LogP) is 0.868. The number of fused-ring (bicyclic) bond motifs is 1. The summed E-state index contributed by atoms with van der Waals surface area (Å²) in [6, 6.07) is 3.28. The molecule has 66 valence electrons. The fourth-order valence-corrected chi connectivity index (χ4v) is 1.40. The molecule has 4 nitrogen and oxygen atoms in total. The van der Waals surface area contributed by atoms with Crippen LogP contribution in [0.1, 0.15) is 0 Å². The van der Waals surface area contributed by atoms with Crippen molar-refractivity contribution in [1.82, 2.24) is 9.97 Å². The maximum absolute atomic E-state index is 10.6. The highest BCUT2D eigenvalue weighted by atomic mass is 32.2.